The Kier molecular flexibility index (Phi) is 3.78. The molecule has 2 atom stereocenters. The largest absolute Gasteiger partial charge is 0.346 e. The first-order valence-corrected chi connectivity index (χ1v) is 9.24. The second-order valence-electron chi connectivity index (χ2n) is 6.91. The maximum atomic E-state index is 12.2. The van der Waals surface area contributed by atoms with Crippen LogP contribution in [0.2, 0.25) is 5.02 Å². The number of aromatic nitrogens is 3. The molecule has 0 radical (unpaired) electrons. The zero-order chi connectivity index (χ0) is 19.3. The Labute approximate surface area is 165 Å². The van der Waals surface area contributed by atoms with Crippen LogP contribution in [0.5, 0.6) is 0 Å². The molecule has 0 unspecified atom stereocenters. The number of rotatable bonds is 3. The fourth-order valence-corrected chi connectivity index (χ4v) is 3.77. The average Bonchev–Trinajstić information content (AvgIpc) is 3.34. The van der Waals surface area contributed by atoms with Gasteiger partial charge in [-0.15, -0.1) is 0 Å². The lowest BCUT2D eigenvalue weighted by molar-refractivity contribution is -0.117. The topological polar surface area (TPSA) is 94.5 Å². The van der Waals surface area contributed by atoms with Gasteiger partial charge in [0.15, 0.2) is 0 Å². The zero-order valence-corrected chi connectivity index (χ0v) is 15.4. The summed E-state index contributed by atoms with van der Waals surface area (Å²) in [5.74, 6) is -0.132. The minimum absolute atomic E-state index is 0.163. The predicted octanol–water partition coefficient (Wildman–Crippen LogP) is 4.53. The van der Waals surface area contributed by atoms with Crippen molar-refractivity contribution in [2.24, 2.45) is 11.8 Å². The third kappa shape index (κ3) is 2.77. The number of fused-ring (bicyclic) bond motifs is 2. The molecule has 0 spiro atoms. The van der Waals surface area contributed by atoms with E-state index in [1.807, 2.05) is 36.5 Å². The summed E-state index contributed by atoms with van der Waals surface area (Å²) in [6, 6.07) is 11.8. The molecule has 1 amide bonds. The second kappa shape index (κ2) is 6.32. The molecule has 1 saturated carbocycles. The number of carbonyl (C=O) groups is 1. The number of carbonyl (C=O) groups excluding carboxylic acids is 1. The van der Waals surface area contributed by atoms with Gasteiger partial charge in [0.25, 0.3) is 0 Å². The summed E-state index contributed by atoms with van der Waals surface area (Å²) in [7, 11) is 0. The molecule has 0 saturated heterocycles. The number of H-pyrrole nitrogens is 1. The van der Waals surface area contributed by atoms with Gasteiger partial charge in [-0.3, -0.25) is 4.79 Å². The summed E-state index contributed by atoms with van der Waals surface area (Å²) in [6.07, 6.45) is 5.88. The van der Waals surface area contributed by atoms with Crippen LogP contribution in [0, 0.1) is 23.2 Å². The van der Waals surface area contributed by atoms with E-state index in [4.69, 9.17) is 16.9 Å². The standard InChI is InChI=1S/C21H14ClN5O/c22-18-7-11(14-1-3-24-20-15(14)2-4-25-20)5-12-8-19(26-10-17(12)18)27-21(28)16-6-13(16)9-23/h1-5,7-8,10,13,16H,6H2,(H,24,25)(H,26,27,28)/t13-,16+/m1/s1. The highest BCUT2D eigenvalue weighted by Gasteiger charge is 2.43. The molecule has 4 aromatic rings. The van der Waals surface area contributed by atoms with Gasteiger partial charge in [0.05, 0.1) is 22.9 Å². The normalized spacial score (nSPS) is 18.1. The van der Waals surface area contributed by atoms with Gasteiger partial charge in [-0.1, -0.05) is 11.6 Å². The summed E-state index contributed by atoms with van der Waals surface area (Å²) in [4.78, 5) is 24.0. The number of pyridine rings is 2. The molecule has 3 heterocycles. The molecule has 1 aromatic carbocycles. The van der Waals surface area contributed by atoms with Crippen molar-refractivity contribution in [3.63, 3.8) is 0 Å². The zero-order valence-electron chi connectivity index (χ0n) is 14.6. The third-order valence-electron chi connectivity index (χ3n) is 5.10. The number of nitriles is 1. The number of hydrogen-bond acceptors (Lipinski definition) is 4. The summed E-state index contributed by atoms with van der Waals surface area (Å²) in [5.41, 5.74) is 2.79. The van der Waals surface area contributed by atoms with Gasteiger partial charge in [-0.25, -0.2) is 9.97 Å². The number of amides is 1. The van der Waals surface area contributed by atoms with E-state index in [-0.39, 0.29) is 17.7 Å². The van der Waals surface area contributed by atoms with Crippen LogP contribution < -0.4 is 5.32 Å². The fourth-order valence-electron chi connectivity index (χ4n) is 3.50. The van der Waals surface area contributed by atoms with E-state index in [1.54, 1.807) is 12.4 Å². The first kappa shape index (κ1) is 16.7. The van der Waals surface area contributed by atoms with E-state index in [9.17, 15) is 4.79 Å². The number of anilines is 1. The minimum Gasteiger partial charge on any atom is -0.346 e. The maximum absolute atomic E-state index is 12.2. The van der Waals surface area contributed by atoms with Crippen molar-refractivity contribution in [3.05, 3.63) is 53.9 Å². The quantitative estimate of drug-likeness (QED) is 0.540. The van der Waals surface area contributed by atoms with Crippen molar-refractivity contribution in [1.82, 2.24) is 15.0 Å². The van der Waals surface area contributed by atoms with Crippen LogP contribution in [0.4, 0.5) is 5.82 Å². The SMILES string of the molecule is N#C[C@H]1C[C@@H]1C(=O)Nc1cc2cc(-c3ccnc4[nH]ccc34)cc(Cl)c2cn1. The predicted molar refractivity (Wildman–Crippen MR) is 108 cm³/mol. The molecule has 5 rings (SSSR count). The van der Waals surface area contributed by atoms with E-state index in [0.717, 1.165) is 32.9 Å². The highest BCUT2D eigenvalue weighted by atomic mass is 35.5. The average molecular weight is 388 g/mol. The van der Waals surface area contributed by atoms with E-state index >= 15 is 0 Å². The highest BCUT2D eigenvalue weighted by Crippen LogP contribution is 2.39. The highest BCUT2D eigenvalue weighted by molar-refractivity contribution is 6.36. The fraction of sp³-hybridized carbons (Fsp3) is 0.143. The van der Waals surface area contributed by atoms with Gasteiger partial charge in [-0.2, -0.15) is 5.26 Å². The maximum Gasteiger partial charge on any atom is 0.230 e. The molecule has 136 valence electrons. The lowest BCUT2D eigenvalue weighted by atomic mass is 10.0. The molecule has 6 nitrogen and oxygen atoms in total. The van der Waals surface area contributed by atoms with Crippen molar-refractivity contribution in [3.8, 4) is 17.2 Å². The molecule has 1 fully saturated rings. The second-order valence-corrected chi connectivity index (χ2v) is 7.32. The molecule has 28 heavy (non-hydrogen) atoms. The summed E-state index contributed by atoms with van der Waals surface area (Å²) >= 11 is 6.51. The number of nitrogens with zero attached hydrogens (tertiary/aromatic N) is 3. The molecular weight excluding hydrogens is 374 g/mol. The van der Waals surface area contributed by atoms with Crippen molar-refractivity contribution < 1.29 is 4.79 Å². The molecular formula is C21H14ClN5O. The van der Waals surface area contributed by atoms with E-state index in [0.29, 0.717) is 17.3 Å². The van der Waals surface area contributed by atoms with Crippen molar-refractivity contribution in [1.29, 1.82) is 5.26 Å². The monoisotopic (exact) mass is 387 g/mol. The number of halogens is 1. The Morgan fingerprint density at radius 3 is 2.96 bits per heavy atom. The van der Waals surface area contributed by atoms with Gasteiger partial charge < -0.3 is 10.3 Å². The number of benzene rings is 1. The van der Waals surface area contributed by atoms with E-state index in [1.165, 1.54) is 0 Å². The van der Waals surface area contributed by atoms with E-state index < -0.39 is 0 Å². The molecule has 0 bridgehead atoms. The van der Waals surface area contributed by atoms with Gasteiger partial charge in [0.1, 0.15) is 11.5 Å². The lowest BCUT2D eigenvalue weighted by Crippen LogP contribution is -2.15. The Morgan fingerprint density at radius 2 is 2.14 bits per heavy atom. The van der Waals surface area contributed by atoms with Crippen LogP contribution >= 0.6 is 11.6 Å². The van der Waals surface area contributed by atoms with Gasteiger partial charge in [-0.05, 0) is 53.3 Å². The molecule has 1 aliphatic carbocycles. The van der Waals surface area contributed by atoms with Gasteiger partial charge in [0, 0.05) is 29.4 Å². The Hall–Kier alpha value is -3.43. The Balaban J connectivity index is 1.55. The van der Waals surface area contributed by atoms with Crippen LogP contribution in [0.15, 0.2) is 48.9 Å². The van der Waals surface area contributed by atoms with Crippen molar-refractivity contribution in [2.45, 2.75) is 6.42 Å². The minimum atomic E-state index is -0.240. The summed E-state index contributed by atoms with van der Waals surface area (Å²) in [5, 5.41) is 15.0. The first-order chi connectivity index (χ1) is 13.6. The van der Waals surface area contributed by atoms with Crippen LogP contribution in [0.1, 0.15) is 6.42 Å². The van der Waals surface area contributed by atoms with Crippen molar-refractivity contribution in [2.75, 3.05) is 5.32 Å². The summed E-state index contributed by atoms with van der Waals surface area (Å²) in [6.45, 7) is 0. The van der Waals surface area contributed by atoms with Crippen LogP contribution in [0.3, 0.4) is 0 Å². The summed E-state index contributed by atoms with van der Waals surface area (Å²) < 4.78 is 0. The molecule has 0 aliphatic heterocycles. The van der Waals surface area contributed by atoms with E-state index in [2.05, 4.69) is 26.3 Å². The van der Waals surface area contributed by atoms with Crippen molar-refractivity contribution >= 4 is 45.1 Å². The van der Waals surface area contributed by atoms with Gasteiger partial charge >= 0.3 is 0 Å². The third-order valence-corrected chi connectivity index (χ3v) is 5.41. The van der Waals surface area contributed by atoms with Crippen LogP contribution in [-0.4, -0.2) is 20.9 Å². The molecule has 7 heteroatoms. The van der Waals surface area contributed by atoms with Crippen LogP contribution in [0.25, 0.3) is 32.9 Å². The number of hydrogen-bond donors (Lipinski definition) is 2. The molecule has 1 aliphatic rings. The number of nitrogens with one attached hydrogen (secondary N) is 2. The molecule has 2 N–H and O–H groups in total. The van der Waals surface area contributed by atoms with Gasteiger partial charge in [0.2, 0.25) is 5.91 Å². The lowest BCUT2D eigenvalue weighted by Gasteiger charge is -2.09. The first-order valence-electron chi connectivity index (χ1n) is 8.86. The smallest absolute Gasteiger partial charge is 0.230 e. The Bertz CT molecular complexity index is 1290. The molecule has 3 aromatic heterocycles. The van der Waals surface area contributed by atoms with Crippen LogP contribution in [-0.2, 0) is 4.79 Å². The number of aromatic amines is 1. The Morgan fingerprint density at radius 1 is 1.25 bits per heavy atom.